The van der Waals surface area contributed by atoms with Crippen LogP contribution >= 0.6 is 23.2 Å². The minimum atomic E-state index is -0.228. The smallest absolute Gasteiger partial charge is 0.123 e. The van der Waals surface area contributed by atoms with E-state index in [1.165, 1.54) is 12.1 Å². The molecule has 0 spiro atoms. The summed E-state index contributed by atoms with van der Waals surface area (Å²) in [6, 6.07) is 12.1. The van der Waals surface area contributed by atoms with Crippen molar-refractivity contribution in [1.82, 2.24) is 5.32 Å². The van der Waals surface area contributed by atoms with Crippen molar-refractivity contribution in [2.75, 3.05) is 6.54 Å². The van der Waals surface area contributed by atoms with Crippen molar-refractivity contribution >= 4 is 23.2 Å². The summed E-state index contributed by atoms with van der Waals surface area (Å²) in [4.78, 5) is 0. The summed E-state index contributed by atoms with van der Waals surface area (Å²) in [7, 11) is 0. The zero-order valence-corrected chi connectivity index (χ0v) is 12.7. The maximum absolute atomic E-state index is 13.0. The predicted molar refractivity (Wildman–Crippen MR) is 83.0 cm³/mol. The average molecular weight is 312 g/mol. The van der Waals surface area contributed by atoms with Gasteiger partial charge in [-0.3, -0.25) is 0 Å². The summed E-state index contributed by atoms with van der Waals surface area (Å²) in [6.45, 7) is 2.87. The molecule has 0 aliphatic heterocycles. The SMILES string of the molecule is CCNC(Cc1ccc(Cl)cc1Cl)c1ccc(F)cc1. The number of rotatable bonds is 5. The number of halogens is 3. The Morgan fingerprint density at radius 3 is 2.40 bits per heavy atom. The van der Waals surface area contributed by atoms with E-state index in [2.05, 4.69) is 5.32 Å². The van der Waals surface area contributed by atoms with Gasteiger partial charge >= 0.3 is 0 Å². The maximum Gasteiger partial charge on any atom is 0.123 e. The number of hydrogen-bond donors (Lipinski definition) is 1. The molecule has 2 rings (SSSR count). The topological polar surface area (TPSA) is 12.0 Å². The van der Waals surface area contributed by atoms with E-state index in [4.69, 9.17) is 23.2 Å². The fraction of sp³-hybridized carbons (Fsp3) is 0.250. The van der Waals surface area contributed by atoms with Crippen LogP contribution < -0.4 is 5.32 Å². The van der Waals surface area contributed by atoms with Gasteiger partial charge in [-0.15, -0.1) is 0 Å². The van der Waals surface area contributed by atoms with Gasteiger partial charge in [-0.1, -0.05) is 48.3 Å². The minimum Gasteiger partial charge on any atom is -0.310 e. The largest absolute Gasteiger partial charge is 0.310 e. The fourth-order valence-electron chi connectivity index (χ4n) is 2.16. The molecule has 0 aliphatic rings. The second kappa shape index (κ2) is 7.07. The van der Waals surface area contributed by atoms with Crippen LogP contribution in [0.15, 0.2) is 42.5 Å². The molecule has 0 fully saturated rings. The van der Waals surface area contributed by atoms with Gasteiger partial charge in [0.05, 0.1) is 0 Å². The minimum absolute atomic E-state index is 0.0966. The molecule has 0 saturated carbocycles. The first-order valence-electron chi connectivity index (χ1n) is 6.53. The van der Waals surface area contributed by atoms with Crippen molar-refractivity contribution in [1.29, 1.82) is 0 Å². The van der Waals surface area contributed by atoms with E-state index >= 15 is 0 Å². The zero-order valence-electron chi connectivity index (χ0n) is 11.2. The second-order valence-electron chi connectivity index (χ2n) is 4.60. The van der Waals surface area contributed by atoms with E-state index < -0.39 is 0 Å². The Labute approximate surface area is 128 Å². The van der Waals surface area contributed by atoms with Crippen LogP contribution in [0.4, 0.5) is 4.39 Å². The first-order chi connectivity index (χ1) is 9.60. The van der Waals surface area contributed by atoms with Gasteiger partial charge in [-0.25, -0.2) is 4.39 Å². The molecule has 4 heteroatoms. The van der Waals surface area contributed by atoms with Crippen LogP contribution in [0, 0.1) is 5.82 Å². The molecule has 1 nitrogen and oxygen atoms in total. The Morgan fingerprint density at radius 2 is 1.80 bits per heavy atom. The standard InChI is InChI=1S/C16H16Cl2FN/c1-2-20-16(11-4-7-14(19)8-5-11)9-12-3-6-13(17)10-15(12)18/h3-8,10,16,20H,2,9H2,1H3. The van der Waals surface area contributed by atoms with Gasteiger partial charge < -0.3 is 5.32 Å². The normalized spacial score (nSPS) is 12.4. The molecular formula is C16H16Cl2FN. The molecule has 106 valence electrons. The molecule has 0 bridgehead atoms. The van der Waals surface area contributed by atoms with Gasteiger partial charge in [-0.05, 0) is 48.4 Å². The summed E-state index contributed by atoms with van der Waals surface area (Å²) < 4.78 is 13.0. The lowest BCUT2D eigenvalue weighted by atomic mass is 9.98. The average Bonchev–Trinajstić information content (AvgIpc) is 2.42. The van der Waals surface area contributed by atoms with E-state index in [0.29, 0.717) is 10.0 Å². The number of likely N-dealkylation sites (N-methyl/N-ethyl adjacent to an activating group) is 1. The van der Waals surface area contributed by atoms with Crippen molar-refractivity contribution in [3.05, 3.63) is 69.5 Å². The molecule has 0 amide bonds. The van der Waals surface area contributed by atoms with E-state index in [1.54, 1.807) is 18.2 Å². The number of hydrogen-bond acceptors (Lipinski definition) is 1. The molecule has 20 heavy (non-hydrogen) atoms. The zero-order chi connectivity index (χ0) is 14.5. The highest BCUT2D eigenvalue weighted by Crippen LogP contribution is 2.26. The lowest BCUT2D eigenvalue weighted by molar-refractivity contribution is 0.547. The summed E-state index contributed by atoms with van der Waals surface area (Å²) in [5.41, 5.74) is 2.06. The van der Waals surface area contributed by atoms with Crippen LogP contribution in [-0.4, -0.2) is 6.54 Å². The Hall–Kier alpha value is -1.09. The lowest BCUT2D eigenvalue weighted by Crippen LogP contribution is -2.23. The third kappa shape index (κ3) is 3.95. The highest BCUT2D eigenvalue weighted by atomic mass is 35.5. The molecule has 0 saturated heterocycles. The van der Waals surface area contributed by atoms with E-state index in [1.807, 2.05) is 19.1 Å². The van der Waals surface area contributed by atoms with Crippen LogP contribution in [-0.2, 0) is 6.42 Å². The molecule has 0 aliphatic carbocycles. The van der Waals surface area contributed by atoms with Crippen molar-refractivity contribution in [3.63, 3.8) is 0 Å². The molecule has 1 atom stereocenters. The monoisotopic (exact) mass is 311 g/mol. The molecule has 1 unspecified atom stereocenters. The molecule has 2 aromatic rings. The van der Waals surface area contributed by atoms with Crippen LogP contribution in [0.1, 0.15) is 24.1 Å². The summed E-state index contributed by atoms with van der Waals surface area (Å²) in [6.07, 6.45) is 0.732. The Kier molecular flexibility index (Phi) is 5.41. The van der Waals surface area contributed by atoms with Crippen LogP contribution in [0.5, 0.6) is 0 Å². The predicted octanol–water partition coefficient (Wildman–Crippen LogP) is 5.03. The van der Waals surface area contributed by atoms with Gasteiger partial charge in [0, 0.05) is 16.1 Å². The lowest BCUT2D eigenvalue weighted by Gasteiger charge is -2.19. The second-order valence-corrected chi connectivity index (χ2v) is 5.45. The summed E-state index contributed by atoms with van der Waals surface area (Å²) >= 11 is 12.1. The van der Waals surface area contributed by atoms with E-state index in [-0.39, 0.29) is 11.9 Å². The first-order valence-corrected chi connectivity index (χ1v) is 7.28. The van der Waals surface area contributed by atoms with Crippen molar-refractivity contribution in [2.45, 2.75) is 19.4 Å². The van der Waals surface area contributed by atoms with Crippen LogP contribution in [0.2, 0.25) is 10.0 Å². The number of nitrogens with one attached hydrogen (secondary N) is 1. The highest BCUT2D eigenvalue weighted by molar-refractivity contribution is 6.35. The van der Waals surface area contributed by atoms with E-state index in [0.717, 1.165) is 24.1 Å². The Morgan fingerprint density at radius 1 is 1.10 bits per heavy atom. The Balaban J connectivity index is 2.22. The van der Waals surface area contributed by atoms with Crippen LogP contribution in [0.3, 0.4) is 0 Å². The van der Waals surface area contributed by atoms with Crippen molar-refractivity contribution in [2.24, 2.45) is 0 Å². The van der Waals surface area contributed by atoms with Gasteiger partial charge in [0.15, 0.2) is 0 Å². The number of benzene rings is 2. The molecule has 0 aromatic heterocycles. The van der Waals surface area contributed by atoms with E-state index in [9.17, 15) is 4.39 Å². The molecule has 0 radical (unpaired) electrons. The maximum atomic E-state index is 13.0. The first kappa shape index (κ1) is 15.3. The fourth-order valence-corrected chi connectivity index (χ4v) is 2.64. The van der Waals surface area contributed by atoms with Gasteiger partial charge in [0.1, 0.15) is 5.82 Å². The quantitative estimate of drug-likeness (QED) is 0.817. The third-order valence-electron chi connectivity index (χ3n) is 3.16. The molecule has 2 aromatic carbocycles. The Bertz CT molecular complexity index is 569. The highest BCUT2D eigenvalue weighted by Gasteiger charge is 2.13. The van der Waals surface area contributed by atoms with Crippen LogP contribution in [0.25, 0.3) is 0 Å². The van der Waals surface area contributed by atoms with Gasteiger partial charge in [0.25, 0.3) is 0 Å². The summed E-state index contributed by atoms with van der Waals surface area (Å²) in [5.74, 6) is -0.228. The molecular weight excluding hydrogens is 296 g/mol. The van der Waals surface area contributed by atoms with Crippen molar-refractivity contribution < 1.29 is 4.39 Å². The molecule has 1 N–H and O–H groups in total. The molecule has 0 heterocycles. The third-order valence-corrected chi connectivity index (χ3v) is 3.75. The van der Waals surface area contributed by atoms with Gasteiger partial charge in [0.2, 0.25) is 0 Å². The van der Waals surface area contributed by atoms with Crippen molar-refractivity contribution in [3.8, 4) is 0 Å². The summed E-state index contributed by atoms with van der Waals surface area (Å²) in [5, 5.41) is 4.68. The van der Waals surface area contributed by atoms with Gasteiger partial charge in [-0.2, -0.15) is 0 Å².